The lowest BCUT2D eigenvalue weighted by Gasteiger charge is -2.21. The Morgan fingerprint density at radius 3 is 2.50 bits per heavy atom. The molecule has 1 saturated carbocycles. The van der Waals surface area contributed by atoms with E-state index in [0.29, 0.717) is 12.5 Å². The monoisotopic (exact) mass is 278 g/mol. The van der Waals surface area contributed by atoms with Crippen LogP contribution in [0.4, 0.5) is 8.78 Å². The smallest absolute Gasteiger partial charge is 0.201 e. The Balaban J connectivity index is 2.12. The molecule has 3 heteroatoms. The van der Waals surface area contributed by atoms with Gasteiger partial charge in [0, 0.05) is 5.92 Å². The molecule has 0 saturated heterocycles. The number of rotatable bonds is 2. The molecule has 0 spiro atoms. The quantitative estimate of drug-likeness (QED) is 0.722. The Labute approximate surface area is 119 Å². The third-order valence-corrected chi connectivity index (χ3v) is 3.77. The van der Waals surface area contributed by atoms with Gasteiger partial charge in [-0.15, -0.1) is 0 Å². The van der Waals surface area contributed by atoms with Crippen LogP contribution in [0.15, 0.2) is 12.1 Å². The zero-order valence-corrected chi connectivity index (χ0v) is 12.0. The lowest BCUT2D eigenvalue weighted by atomic mass is 9.83. The first-order chi connectivity index (χ1) is 9.61. The Morgan fingerprint density at radius 1 is 1.15 bits per heavy atom. The maximum absolute atomic E-state index is 13.8. The van der Waals surface area contributed by atoms with E-state index in [1.165, 1.54) is 25.0 Å². The topological polar surface area (TPSA) is 9.23 Å². The van der Waals surface area contributed by atoms with E-state index in [4.69, 9.17) is 4.74 Å². The Kier molecular flexibility index (Phi) is 5.00. The Bertz CT molecular complexity index is 520. The molecule has 1 nitrogen and oxygen atoms in total. The van der Waals surface area contributed by atoms with Crippen molar-refractivity contribution in [1.29, 1.82) is 0 Å². The van der Waals surface area contributed by atoms with Gasteiger partial charge in [-0.2, -0.15) is 4.39 Å². The van der Waals surface area contributed by atoms with Gasteiger partial charge in [-0.1, -0.05) is 18.8 Å². The van der Waals surface area contributed by atoms with E-state index in [1.807, 2.05) is 0 Å². The molecule has 0 amide bonds. The lowest BCUT2D eigenvalue weighted by molar-refractivity contribution is 0.314. The van der Waals surface area contributed by atoms with E-state index in [2.05, 4.69) is 18.8 Å². The van der Waals surface area contributed by atoms with Crippen molar-refractivity contribution in [3.05, 3.63) is 29.3 Å². The van der Waals surface area contributed by atoms with Crippen molar-refractivity contribution in [2.24, 2.45) is 11.8 Å². The van der Waals surface area contributed by atoms with Crippen LogP contribution in [0, 0.1) is 35.3 Å². The van der Waals surface area contributed by atoms with Crippen LogP contribution < -0.4 is 4.74 Å². The minimum atomic E-state index is -0.948. The van der Waals surface area contributed by atoms with Gasteiger partial charge in [0.05, 0.1) is 12.2 Å². The number of benzene rings is 1. The molecule has 0 heterocycles. The summed E-state index contributed by atoms with van der Waals surface area (Å²) in [6.45, 7) is 4.28. The normalized spacial score (nSPS) is 22.0. The first kappa shape index (κ1) is 14.8. The highest BCUT2D eigenvalue weighted by atomic mass is 19.2. The molecule has 1 aliphatic carbocycles. The van der Waals surface area contributed by atoms with Crippen molar-refractivity contribution in [2.75, 3.05) is 6.61 Å². The predicted molar refractivity (Wildman–Crippen MR) is 75.5 cm³/mol. The fourth-order valence-electron chi connectivity index (χ4n) is 2.48. The molecular weight excluding hydrogens is 258 g/mol. The van der Waals surface area contributed by atoms with Gasteiger partial charge in [-0.25, -0.2) is 4.39 Å². The van der Waals surface area contributed by atoms with Crippen molar-refractivity contribution in [3.63, 3.8) is 0 Å². The summed E-state index contributed by atoms with van der Waals surface area (Å²) in [5.41, 5.74) is 0.115. The average molecular weight is 278 g/mol. The molecule has 1 fully saturated rings. The van der Waals surface area contributed by atoms with E-state index in [1.54, 1.807) is 6.92 Å². The number of hydrogen-bond acceptors (Lipinski definition) is 1. The van der Waals surface area contributed by atoms with Gasteiger partial charge in [-0.05, 0) is 50.7 Å². The van der Waals surface area contributed by atoms with E-state index in [0.717, 1.165) is 18.8 Å². The van der Waals surface area contributed by atoms with Gasteiger partial charge in [0.15, 0.2) is 11.6 Å². The van der Waals surface area contributed by atoms with Crippen LogP contribution in [0.5, 0.6) is 5.75 Å². The molecule has 108 valence electrons. The van der Waals surface area contributed by atoms with E-state index < -0.39 is 11.6 Å². The zero-order valence-electron chi connectivity index (χ0n) is 12.0. The van der Waals surface area contributed by atoms with Crippen molar-refractivity contribution < 1.29 is 13.5 Å². The molecule has 1 aromatic carbocycles. The molecule has 0 bridgehead atoms. The molecule has 1 aliphatic rings. The van der Waals surface area contributed by atoms with Crippen LogP contribution in [0.2, 0.25) is 0 Å². The second kappa shape index (κ2) is 6.74. The summed E-state index contributed by atoms with van der Waals surface area (Å²) in [6.07, 6.45) is 4.43. The van der Waals surface area contributed by atoms with Gasteiger partial charge in [0.1, 0.15) is 0 Å². The fourth-order valence-corrected chi connectivity index (χ4v) is 2.48. The lowest BCUT2D eigenvalue weighted by Crippen LogP contribution is -2.10. The van der Waals surface area contributed by atoms with Gasteiger partial charge in [0.2, 0.25) is 5.82 Å². The molecular formula is C17H20F2O. The maximum atomic E-state index is 13.8. The molecule has 20 heavy (non-hydrogen) atoms. The number of ether oxygens (including phenoxy) is 1. The summed E-state index contributed by atoms with van der Waals surface area (Å²) >= 11 is 0. The molecule has 0 N–H and O–H groups in total. The molecule has 0 aromatic heterocycles. The third kappa shape index (κ3) is 3.50. The van der Waals surface area contributed by atoms with Crippen molar-refractivity contribution in [2.45, 2.75) is 39.5 Å². The molecule has 1 aromatic rings. The summed E-state index contributed by atoms with van der Waals surface area (Å²) in [5.74, 6) is 5.02. The Hall–Kier alpha value is -1.56. The third-order valence-electron chi connectivity index (χ3n) is 3.77. The first-order valence-corrected chi connectivity index (χ1v) is 7.24. The van der Waals surface area contributed by atoms with E-state index in [9.17, 15) is 8.78 Å². The largest absolute Gasteiger partial charge is 0.491 e. The molecule has 0 radical (unpaired) electrons. The van der Waals surface area contributed by atoms with Crippen LogP contribution in [0.1, 0.15) is 45.1 Å². The molecule has 0 atom stereocenters. The maximum Gasteiger partial charge on any atom is 0.201 e. The number of hydrogen-bond donors (Lipinski definition) is 0. The number of halogens is 2. The molecule has 2 rings (SSSR count). The summed E-state index contributed by atoms with van der Waals surface area (Å²) in [5, 5.41) is 0. The van der Waals surface area contributed by atoms with Crippen LogP contribution in [-0.2, 0) is 0 Å². The van der Waals surface area contributed by atoms with E-state index in [-0.39, 0.29) is 11.3 Å². The Morgan fingerprint density at radius 2 is 1.85 bits per heavy atom. The standard InChI is InChI=1S/C17H20F2O/c1-3-20-15-11-10-14(16(18)17(15)19)9-8-13-6-4-12(2)5-7-13/h10-13H,3-7H2,1-2H3. The zero-order chi connectivity index (χ0) is 14.5. The van der Waals surface area contributed by atoms with Gasteiger partial charge >= 0.3 is 0 Å². The summed E-state index contributed by atoms with van der Waals surface area (Å²) in [7, 11) is 0. The first-order valence-electron chi connectivity index (χ1n) is 7.24. The van der Waals surface area contributed by atoms with Crippen LogP contribution in [-0.4, -0.2) is 6.61 Å². The van der Waals surface area contributed by atoms with Gasteiger partial charge < -0.3 is 4.74 Å². The minimum Gasteiger partial charge on any atom is -0.491 e. The highest BCUT2D eigenvalue weighted by Gasteiger charge is 2.17. The minimum absolute atomic E-state index is 0.0537. The van der Waals surface area contributed by atoms with Crippen LogP contribution in [0.3, 0.4) is 0 Å². The summed E-state index contributed by atoms with van der Waals surface area (Å²) in [6, 6.07) is 2.93. The highest BCUT2D eigenvalue weighted by Crippen LogP contribution is 2.28. The van der Waals surface area contributed by atoms with Crippen molar-refractivity contribution in [3.8, 4) is 17.6 Å². The predicted octanol–water partition coefficient (Wildman–Crippen LogP) is 4.54. The van der Waals surface area contributed by atoms with Crippen molar-refractivity contribution >= 4 is 0 Å². The summed E-state index contributed by atoms with van der Waals surface area (Å²) < 4.78 is 32.6. The second-order valence-corrected chi connectivity index (χ2v) is 5.40. The van der Waals surface area contributed by atoms with Gasteiger partial charge in [0.25, 0.3) is 0 Å². The van der Waals surface area contributed by atoms with E-state index >= 15 is 0 Å². The van der Waals surface area contributed by atoms with Crippen LogP contribution in [0.25, 0.3) is 0 Å². The highest BCUT2D eigenvalue weighted by molar-refractivity contribution is 5.41. The SMILES string of the molecule is CCOc1ccc(C#CC2CCC(C)CC2)c(F)c1F. The van der Waals surface area contributed by atoms with Gasteiger partial charge in [-0.3, -0.25) is 0 Å². The summed E-state index contributed by atoms with van der Waals surface area (Å²) in [4.78, 5) is 0. The van der Waals surface area contributed by atoms with Crippen molar-refractivity contribution in [1.82, 2.24) is 0 Å². The van der Waals surface area contributed by atoms with Crippen LogP contribution >= 0.6 is 0 Å². The average Bonchev–Trinajstić information content (AvgIpc) is 2.45. The molecule has 0 unspecified atom stereocenters. The fraction of sp³-hybridized carbons (Fsp3) is 0.529. The molecule has 0 aliphatic heterocycles. The second-order valence-electron chi connectivity index (χ2n) is 5.40.